The molecule has 0 bridgehead atoms. The lowest BCUT2D eigenvalue weighted by Crippen LogP contribution is -2.06. The van der Waals surface area contributed by atoms with Gasteiger partial charge in [0.05, 0.1) is 17.3 Å². The highest BCUT2D eigenvalue weighted by molar-refractivity contribution is 5.85. The van der Waals surface area contributed by atoms with E-state index in [9.17, 15) is 4.79 Å². The topological polar surface area (TPSA) is 83.2 Å². The molecule has 1 aromatic carbocycles. The van der Waals surface area contributed by atoms with E-state index in [1.165, 1.54) is 6.07 Å². The fourth-order valence-electron chi connectivity index (χ4n) is 2.07. The Kier molecular flexibility index (Phi) is 4.19. The van der Waals surface area contributed by atoms with Gasteiger partial charge in [0.1, 0.15) is 18.1 Å². The van der Waals surface area contributed by atoms with Gasteiger partial charge in [0.25, 0.3) is 0 Å². The van der Waals surface area contributed by atoms with Gasteiger partial charge in [-0.2, -0.15) is 5.26 Å². The van der Waals surface area contributed by atoms with Crippen LogP contribution in [0.25, 0.3) is 0 Å². The van der Waals surface area contributed by atoms with Crippen molar-refractivity contribution in [2.24, 2.45) is 0 Å². The number of pyridine rings is 1. The van der Waals surface area contributed by atoms with Gasteiger partial charge in [-0.15, -0.1) is 0 Å². The second-order valence-corrected chi connectivity index (χ2v) is 4.66. The summed E-state index contributed by atoms with van der Waals surface area (Å²) in [5.74, 6) is -0.376. The van der Waals surface area contributed by atoms with Crippen LogP contribution in [0.1, 0.15) is 32.9 Å². The summed E-state index contributed by atoms with van der Waals surface area (Å²) in [6.07, 6.45) is 0. The highest BCUT2D eigenvalue weighted by Gasteiger charge is 2.09. The Balaban J connectivity index is 2.19. The zero-order chi connectivity index (χ0) is 15.4. The molecule has 0 fully saturated rings. The first-order valence-electron chi connectivity index (χ1n) is 6.34. The third-order valence-electron chi connectivity index (χ3n) is 2.98. The number of rotatable bonds is 4. The van der Waals surface area contributed by atoms with Crippen LogP contribution >= 0.6 is 0 Å². The molecule has 106 valence electrons. The first-order valence-corrected chi connectivity index (χ1v) is 6.34. The Morgan fingerprint density at radius 2 is 2.00 bits per heavy atom. The molecule has 2 aromatic rings. The Morgan fingerprint density at radius 3 is 2.57 bits per heavy atom. The van der Waals surface area contributed by atoms with Gasteiger partial charge in [0.15, 0.2) is 0 Å². The van der Waals surface area contributed by atoms with Crippen molar-refractivity contribution in [3.8, 4) is 11.8 Å². The minimum absolute atomic E-state index is 0.00984. The van der Waals surface area contributed by atoms with Crippen LogP contribution in [-0.4, -0.2) is 16.1 Å². The quantitative estimate of drug-likeness (QED) is 0.932. The van der Waals surface area contributed by atoms with E-state index in [0.717, 1.165) is 11.1 Å². The van der Waals surface area contributed by atoms with E-state index in [-0.39, 0.29) is 12.3 Å². The number of ether oxygens (including phenoxy) is 1. The number of aromatic nitrogens is 1. The fourth-order valence-corrected chi connectivity index (χ4v) is 2.07. The number of hydrogen-bond donors (Lipinski definition) is 1. The van der Waals surface area contributed by atoms with Crippen LogP contribution in [0.15, 0.2) is 30.3 Å². The summed E-state index contributed by atoms with van der Waals surface area (Å²) in [7, 11) is 0. The molecular formula is C16H14N2O3. The molecule has 0 saturated carbocycles. The molecule has 0 aliphatic carbocycles. The largest absolute Gasteiger partial charge is 0.487 e. The SMILES string of the molecule is Cc1cc(C#N)cc(C)c1OCc1cccc(C(=O)O)n1. The number of carboxylic acids is 1. The van der Waals surface area contributed by atoms with Crippen LogP contribution < -0.4 is 4.74 Å². The van der Waals surface area contributed by atoms with Crippen molar-refractivity contribution in [3.05, 3.63) is 58.4 Å². The fraction of sp³-hybridized carbons (Fsp3) is 0.188. The van der Waals surface area contributed by atoms with Crippen LogP contribution in [0.4, 0.5) is 0 Å². The minimum atomic E-state index is -1.07. The van der Waals surface area contributed by atoms with Gasteiger partial charge in [-0.1, -0.05) is 6.07 Å². The standard InChI is InChI=1S/C16H14N2O3/c1-10-6-12(8-17)7-11(2)15(10)21-9-13-4-3-5-14(18-13)16(19)20/h3-7H,9H2,1-2H3,(H,19,20). The lowest BCUT2D eigenvalue weighted by Gasteiger charge is -2.12. The normalized spacial score (nSPS) is 9.95. The van der Waals surface area contributed by atoms with Crippen LogP contribution in [0.3, 0.4) is 0 Å². The van der Waals surface area contributed by atoms with E-state index < -0.39 is 5.97 Å². The predicted molar refractivity (Wildman–Crippen MR) is 76.2 cm³/mol. The average Bonchev–Trinajstić information content (AvgIpc) is 2.46. The maximum Gasteiger partial charge on any atom is 0.354 e. The van der Waals surface area contributed by atoms with Crippen LogP contribution in [0.5, 0.6) is 5.75 Å². The number of carboxylic acid groups (broad SMARTS) is 1. The maximum absolute atomic E-state index is 10.9. The summed E-state index contributed by atoms with van der Waals surface area (Å²) in [6, 6.07) is 10.4. The highest BCUT2D eigenvalue weighted by Crippen LogP contribution is 2.25. The number of aryl methyl sites for hydroxylation is 2. The molecule has 0 aliphatic rings. The molecule has 5 nitrogen and oxygen atoms in total. The molecule has 1 heterocycles. The molecule has 0 atom stereocenters. The van der Waals surface area contributed by atoms with Crippen molar-refractivity contribution in [1.29, 1.82) is 5.26 Å². The molecule has 0 saturated heterocycles. The summed E-state index contributed by atoms with van der Waals surface area (Å²) in [4.78, 5) is 14.9. The molecule has 0 spiro atoms. The average molecular weight is 282 g/mol. The second-order valence-electron chi connectivity index (χ2n) is 4.66. The van der Waals surface area contributed by atoms with Crippen molar-refractivity contribution >= 4 is 5.97 Å². The lowest BCUT2D eigenvalue weighted by molar-refractivity contribution is 0.0690. The number of hydrogen-bond acceptors (Lipinski definition) is 4. The first-order chi connectivity index (χ1) is 10.0. The smallest absolute Gasteiger partial charge is 0.354 e. The van der Waals surface area contributed by atoms with Gasteiger partial charge in [0, 0.05) is 0 Å². The van der Waals surface area contributed by atoms with Crippen molar-refractivity contribution in [2.75, 3.05) is 0 Å². The molecule has 1 aromatic heterocycles. The molecule has 0 unspecified atom stereocenters. The predicted octanol–water partition coefficient (Wildman–Crippen LogP) is 2.85. The van der Waals surface area contributed by atoms with Gasteiger partial charge >= 0.3 is 5.97 Å². The second kappa shape index (κ2) is 6.06. The molecule has 0 aliphatic heterocycles. The third-order valence-corrected chi connectivity index (χ3v) is 2.98. The maximum atomic E-state index is 10.9. The number of benzene rings is 1. The highest BCUT2D eigenvalue weighted by atomic mass is 16.5. The van der Waals surface area contributed by atoms with Gasteiger partial charge < -0.3 is 9.84 Å². The van der Waals surface area contributed by atoms with Crippen LogP contribution in [0.2, 0.25) is 0 Å². The van der Waals surface area contributed by atoms with Crippen LogP contribution in [0, 0.1) is 25.2 Å². The van der Waals surface area contributed by atoms with Gasteiger partial charge in [-0.3, -0.25) is 0 Å². The molecule has 2 rings (SSSR count). The van der Waals surface area contributed by atoms with Crippen molar-refractivity contribution in [2.45, 2.75) is 20.5 Å². The van der Waals surface area contributed by atoms with E-state index in [2.05, 4.69) is 11.1 Å². The van der Waals surface area contributed by atoms with Crippen molar-refractivity contribution in [3.63, 3.8) is 0 Å². The summed E-state index contributed by atoms with van der Waals surface area (Å²) >= 11 is 0. The summed E-state index contributed by atoms with van der Waals surface area (Å²) in [5.41, 5.74) is 2.84. The van der Waals surface area contributed by atoms with E-state index in [1.54, 1.807) is 24.3 Å². The van der Waals surface area contributed by atoms with Crippen LogP contribution in [-0.2, 0) is 6.61 Å². The molecule has 21 heavy (non-hydrogen) atoms. The van der Waals surface area contributed by atoms with Gasteiger partial charge in [-0.25, -0.2) is 9.78 Å². The molecule has 0 amide bonds. The first kappa shape index (κ1) is 14.5. The number of nitriles is 1. The van der Waals surface area contributed by atoms with E-state index in [0.29, 0.717) is 17.0 Å². The summed E-state index contributed by atoms with van der Waals surface area (Å²) < 4.78 is 5.72. The lowest BCUT2D eigenvalue weighted by atomic mass is 10.1. The summed E-state index contributed by atoms with van der Waals surface area (Å²) in [6.45, 7) is 3.91. The molecule has 1 N–H and O–H groups in total. The molecule has 0 radical (unpaired) electrons. The van der Waals surface area contributed by atoms with E-state index >= 15 is 0 Å². The number of carbonyl (C=O) groups is 1. The Morgan fingerprint density at radius 1 is 1.33 bits per heavy atom. The zero-order valence-corrected chi connectivity index (χ0v) is 11.8. The molecule has 5 heteroatoms. The Bertz CT molecular complexity index is 710. The third kappa shape index (κ3) is 3.37. The van der Waals surface area contributed by atoms with E-state index in [1.807, 2.05) is 13.8 Å². The molecular weight excluding hydrogens is 268 g/mol. The van der Waals surface area contributed by atoms with E-state index in [4.69, 9.17) is 15.1 Å². The monoisotopic (exact) mass is 282 g/mol. The van der Waals surface area contributed by atoms with Gasteiger partial charge in [-0.05, 0) is 49.2 Å². The number of aromatic carboxylic acids is 1. The zero-order valence-electron chi connectivity index (χ0n) is 11.8. The minimum Gasteiger partial charge on any atom is -0.487 e. The number of nitrogens with zero attached hydrogens (tertiary/aromatic N) is 2. The Labute approximate surface area is 122 Å². The van der Waals surface area contributed by atoms with Gasteiger partial charge in [0.2, 0.25) is 0 Å². The van der Waals surface area contributed by atoms with Crippen molar-refractivity contribution in [1.82, 2.24) is 4.98 Å². The summed E-state index contributed by atoms with van der Waals surface area (Å²) in [5, 5.41) is 17.8. The van der Waals surface area contributed by atoms with Crippen molar-refractivity contribution < 1.29 is 14.6 Å². The Hall–Kier alpha value is -2.87.